The number of Topliss-reactive ketones (excluding diaryl/α,β-unsaturated/α-hetero) is 1. The van der Waals surface area contributed by atoms with Crippen molar-refractivity contribution in [3.63, 3.8) is 0 Å². The molecule has 0 saturated carbocycles. The maximum Gasteiger partial charge on any atom is 0.311 e. The van der Waals surface area contributed by atoms with Gasteiger partial charge in [0.05, 0.1) is 5.56 Å². The second-order valence-electron chi connectivity index (χ2n) is 5.09. The molecule has 0 fully saturated rings. The summed E-state index contributed by atoms with van der Waals surface area (Å²) in [5.74, 6) is -0.780. The summed E-state index contributed by atoms with van der Waals surface area (Å²) >= 11 is 3.31. The van der Waals surface area contributed by atoms with Crippen molar-refractivity contribution in [3.05, 3.63) is 63.9 Å². The molecule has 2 aromatic rings. The fraction of sp³-hybridized carbons (Fsp3) is 0.222. The first kappa shape index (κ1) is 17.3. The highest BCUT2D eigenvalue weighted by Gasteiger charge is 2.16. The van der Waals surface area contributed by atoms with Crippen LogP contribution in [0.3, 0.4) is 0 Å². The van der Waals surface area contributed by atoms with E-state index in [0.29, 0.717) is 22.0 Å². The van der Waals surface area contributed by atoms with Crippen molar-refractivity contribution < 1.29 is 18.7 Å². The average Bonchev–Trinajstić information content (AvgIpc) is 2.49. The normalized spacial score (nSPS) is 10.4. The zero-order valence-corrected chi connectivity index (χ0v) is 14.2. The minimum absolute atomic E-state index is 0.0343. The van der Waals surface area contributed by atoms with Gasteiger partial charge < -0.3 is 4.74 Å². The van der Waals surface area contributed by atoms with Crippen molar-refractivity contribution in [1.82, 2.24) is 0 Å². The summed E-state index contributed by atoms with van der Waals surface area (Å²) in [6.45, 7) is 1.87. The van der Waals surface area contributed by atoms with Crippen LogP contribution in [0.2, 0.25) is 0 Å². The van der Waals surface area contributed by atoms with Crippen LogP contribution in [0.25, 0.3) is 0 Å². The second-order valence-corrected chi connectivity index (χ2v) is 6.01. The summed E-state index contributed by atoms with van der Waals surface area (Å²) in [6, 6.07) is 10.8. The molecule has 0 unspecified atom stereocenters. The monoisotopic (exact) mass is 378 g/mol. The molecule has 0 radical (unpaired) electrons. The Kier molecular flexibility index (Phi) is 6.04. The molecule has 5 heteroatoms. The largest absolute Gasteiger partial charge is 0.426 e. The molecule has 23 heavy (non-hydrogen) atoms. The first-order valence-corrected chi connectivity index (χ1v) is 8.06. The van der Waals surface area contributed by atoms with Crippen molar-refractivity contribution in [3.8, 4) is 5.75 Å². The Labute approximate surface area is 142 Å². The lowest BCUT2D eigenvalue weighted by Crippen LogP contribution is -2.12. The lowest BCUT2D eigenvalue weighted by molar-refractivity contribution is -0.134. The summed E-state index contributed by atoms with van der Waals surface area (Å²) in [5.41, 5.74) is 0.869. The van der Waals surface area contributed by atoms with Gasteiger partial charge in [0.15, 0.2) is 5.78 Å². The summed E-state index contributed by atoms with van der Waals surface area (Å²) < 4.78 is 19.2. The molecule has 2 rings (SSSR count). The van der Waals surface area contributed by atoms with Gasteiger partial charge in [0.1, 0.15) is 11.6 Å². The maximum atomic E-state index is 13.2. The van der Waals surface area contributed by atoms with Crippen molar-refractivity contribution in [2.24, 2.45) is 0 Å². The van der Waals surface area contributed by atoms with Crippen LogP contribution in [0.4, 0.5) is 4.39 Å². The lowest BCUT2D eigenvalue weighted by atomic mass is 10.0. The molecule has 120 valence electrons. The number of hydrogen-bond acceptors (Lipinski definition) is 3. The van der Waals surface area contributed by atoms with Crippen LogP contribution in [0.1, 0.15) is 35.7 Å². The molecule has 0 atom stereocenters. The van der Waals surface area contributed by atoms with E-state index in [2.05, 4.69) is 15.9 Å². The molecule has 0 aliphatic rings. The van der Waals surface area contributed by atoms with Gasteiger partial charge in [-0.1, -0.05) is 35.0 Å². The van der Waals surface area contributed by atoms with Crippen LogP contribution in [-0.2, 0) is 11.2 Å². The van der Waals surface area contributed by atoms with E-state index in [0.717, 1.165) is 0 Å². The Hall–Kier alpha value is -2.01. The van der Waals surface area contributed by atoms with Crippen molar-refractivity contribution in [2.75, 3.05) is 0 Å². The van der Waals surface area contributed by atoms with Crippen LogP contribution in [-0.4, -0.2) is 11.8 Å². The van der Waals surface area contributed by atoms with Crippen LogP contribution >= 0.6 is 15.9 Å². The average molecular weight is 379 g/mol. The highest BCUT2D eigenvalue weighted by atomic mass is 79.9. The van der Waals surface area contributed by atoms with Crippen LogP contribution in [0.5, 0.6) is 5.75 Å². The Bertz CT molecular complexity index is 728. The topological polar surface area (TPSA) is 43.4 Å². The maximum absolute atomic E-state index is 13.2. The van der Waals surface area contributed by atoms with Gasteiger partial charge in [-0.3, -0.25) is 9.59 Å². The first-order valence-electron chi connectivity index (χ1n) is 7.27. The fourth-order valence-electron chi connectivity index (χ4n) is 2.11. The van der Waals surface area contributed by atoms with Crippen LogP contribution in [0, 0.1) is 5.82 Å². The first-order chi connectivity index (χ1) is 11.0. The molecular formula is C18H16BrFO3. The van der Waals surface area contributed by atoms with Gasteiger partial charge in [0, 0.05) is 17.3 Å². The van der Waals surface area contributed by atoms with Gasteiger partial charge in [-0.2, -0.15) is 0 Å². The van der Waals surface area contributed by atoms with E-state index in [-0.39, 0.29) is 36.2 Å². The highest BCUT2D eigenvalue weighted by molar-refractivity contribution is 9.10. The number of hydrogen-bond donors (Lipinski definition) is 0. The number of carbonyl (C=O) groups is 2. The van der Waals surface area contributed by atoms with E-state index in [1.165, 1.54) is 12.1 Å². The zero-order chi connectivity index (χ0) is 16.8. The molecule has 0 N–H and O–H groups in total. The highest BCUT2D eigenvalue weighted by Crippen LogP contribution is 2.25. The molecule has 0 bridgehead atoms. The number of rotatable bonds is 6. The minimum atomic E-state index is -0.390. The van der Waals surface area contributed by atoms with Gasteiger partial charge in [-0.05, 0) is 42.3 Å². The van der Waals surface area contributed by atoms with Crippen molar-refractivity contribution in [2.45, 2.75) is 26.2 Å². The Morgan fingerprint density at radius 2 is 1.96 bits per heavy atom. The molecule has 0 spiro atoms. The van der Waals surface area contributed by atoms with Gasteiger partial charge >= 0.3 is 5.97 Å². The van der Waals surface area contributed by atoms with E-state index in [9.17, 15) is 14.0 Å². The molecule has 0 amide bonds. The Balaban J connectivity index is 2.24. The molecule has 0 aromatic heterocycles. The van der Waals surface area contributed by atoms with Crippen LogP contribution < -0.4 is 4.74 Å². The predicted molar refractivity (Wildman–Crippen MR) is 89.1 cm³/mol. The van der Waals surface area contributed by atoms with E-state index in [1.807, 2.05) is 6.92 Å². The third kappa shape index (κ3) is 4.99. The Morgan fingerprint density at radius 3 is 2.65 bits per heavy atom. The standard InChI is InChI=1S/C18H16BrFO3/c1-2-4-18(22)23-17-8-7-13(19)11-15(17)16(21)10-12-5-3-6-14(20)9-12/h3,5-9,11H,2,4,10H2,1H3. The number of halogens is 2. The quantitative estimate of drug-likeness (QED) is 0.415. The van der Waals surface area contributed by atoms with Crippen LogP contribution in [0.15, 0.2) is 46.9 Å². The number of benzene rings is 2. The third-order valence-corrected chi connectivity index (χ3v) is 3.67. The molecular weight excluding hydrogens is 363 g/mol. The zero-order valence-electron chi connectivity index (χ0n) is 12.6. The number of ketones is 1. The summed E-state index contributed by atoms with van der Waals surface area (Å²) in [4.78, 5) is 24.2. The smallest absolute Gasteiger partial charge is 0.311 e. The third-order valence-electron chi connectivity index (χ3n) is 3.17. The lowest BCUT2D eigenvalue weighted by Gasteiger charge is -2.10. The molecule has 0 heterocycles. The SMILES string of the molecule is CCCC(=O)Oc1ccc(Br)cc1C(=O)Cc1cccc(F)c1. The predicted octanol–water partition coefficient (Wildman–Crippen LogP) is 4.72. The van der Waals surface area contributed by atoms with Gasteiger partial charge in [0.2, 0.25) is 0 Å². The van der Waals surface area contributed by atoms with E-state index >= 15 is 0 Å². The molecule has 0 aliphatic heterocycles. The van der Waals surface area contributed by atoms with E-state index in [4.69, 9.17) is 4.74 Å². The molecule has 3 nitrogen and oxygen atoms in total. The number of esters is 1. The van der Waals surface area contributed by atoms with Crippen molar-refractivity contribution >= 4 is 27.7 Å². The summed E-state index contributed by atoms with van der Waals surface area (Å²) in [7, 11) is 0. The van der Waals surface area contributed by atoms with Gasteiger partial charge in [-0.25, -0.2) is 4.39 Å². The van der Waals surface area contributed by atoms with Gasteiger partial charge in [0.25, 0.3) is 0 Å². The van der Waals surface area contributed by atoms with Crippen molar-refractivity contribution in [1.29, 1.82) is 0 Å². The summed E-state index contributed by atoms with van der Waals surface area (Å²) in [6.07, 6.45) is 0.988. The number of ether oxygens (including phenoxy) is 1. The number of carbonyl (C=O) groups excluding carboxylic acids is 2. The minimum Gasteiger partial charge on any atom is -0.426 e. The fourth-order valence-corrected chi connectivity index (χ4v) is 2.48. The van der Waals surface area contributed by atoms with E-state index < -0.39 is 0 Å². The molecule has 0 saturated heterocycles. The molecule has 2 aromatic carbocycles. The second kappa shape index (κ2) is 8.02. The van der Waals surface area contributed by atoms with Gasteiger partial charge in [-0.15, -0.1) is 0 Å². The summed E-state index contributed by atoms with van der Waals surface area (Å²) in [5, 5.41) is 0. The van der Waals surface area contributed by atoms with E-state index in [1.54, 1.807) is 30.3 Å². The molecule has 0 aliphatic carbocycles. The Morgan fingerprint density at radius 1 is 1.17 bits per heavy atom.